The quantitative estimate of drug-likeness (QED) is 0.873. The number of rotatable bonds is 3. The van der Waals surface area contributed by atoms with Crippen LogP contribution >= 0.6 is 0 Å². The lowest BCUT2D eigenvalue weighted by molar-refractivity contribution is 0.0763. The molecular weight excluding hydrogens is 288 g/mol. The average molecular weight is 310 g/mol. The molecule has 0 radical (unpaired) electrons. The summed E-state index contributed by atoms with van der Waals surface area (Å²) in [6.45, 7) is 3.33. The molecule has 3 rings (SSSR count). The van der Waals surface area contributed by atoms with Crippen LogP contribution < -0.4 is 9.64 Å². The Labute approximate surface area is 137 Å². The highest BCUT2D eigenvalue weighted by atomic mass is 16.5. The standard InChI is InChI=1S/C19H22N2O2/c1-23-18-11-6-5-10-17(18)19(22)21-13-7-12-20(14-15-21)16-8-3-2-4-9-16/h2-6,8-11H,7,12-15H2,1H3. The van der Waals surface area contributed by atoms with E-state index in [0.29, 0.717) is 11.3 Å². The summed E-state index contributed by atoms with van der Waals surface area (Å²) in [6.07, 6.45) is 0.968. The Kier molecular flexibility index (Phi) is 4.81. The lowest BCUT2D eigenvalue weighted by Crippen LogP contribution is -2.35. The second-order valence-electron chi connectivity index (χ2n) is 5.67. The summed E-state index contributed by atoms with van der Waals surface area (Å²) in [5, 5.41) is 0. The highest BCUT2D eigenvalue weighted by molar-refractivity contribution is 5.97. The summed E-state index contributed by atoms with van der Waals surface area (Å²) < 4.78 is 5.32. The van der Waals surface area contributed by atoms with Crippen molar-refractivity contribution in [2.45, 2.75) is 6.42 Å². The summed E-state index contributed by atoms with van der Waals surface area (Å²) in [4.78, 5) is 17.1. The third kappa shape index (κ3) is 3.47. The van der Waals surface area contributed by atoms with Crippen LogP contribution in [-0.4, -0.2) is 44.1 Å². The maximum Gasteiger partial charge on any atom is 0.257 e. The molecule has 0 N–H and O–H groups in total. The number of nitrogens with zero attached hydrogens (tertiary/aromatic N) is 2. The molecule has 23 heavy (non-hydrogen) atoms. The van der Waals surface area contributed by atoms with E-state index in [1.54, 1.807) is 7.11 Å². The van der Waals surface area contributed by atoms with Crippen molar-refractivity contribution >= 4 is 11.6 Å². The zero-order valence-corrected chi connectivity index (χ0v) is 13.4. The fourth-order valence-electron chi connectivity index (χ4n) is 3.01. The van der Waals surface area contributed by atoms with Crippen LogP contribution in [0.25, 0.3) is 0 Å². The van der Waals surface area contributed by atoms with Gasteiger partial charge in [0, 0.05) is 31.9 Å². The van der Waals surface area contributed by atoms with Crippen LogP contribution in [0, 0.1) is 0 Å². The molecule has 0 atom stereocenters. The number of methoxy groups -OCH3 is 1. The van der Waals surface area contributed by atoms with Gasteiger partial charge in [0.1, 0.15) is 5.75 Å². The maximum absolute atomic E-state index is 12.8. The molecule has 1 heterocycles. The largest absolute Gasteiger partial charge is 0.496 e. The van der Waals surface area contributed by atoms with Crippen molar-refractivity contribution in [3.05, 3.63) is 60.2 Å². The Balaban J connectivity index is 1.71. The van der Waals surface area contributed by atoms with Gasteiger partial charge in [-0.3, -0.25) is 4.79 Å². The van der Waals surface area contributed by atoms with Crippen LogP contribution in [-0.2, 0) is 0 Å². The van der Waals surface area contributed by atoms with Crippen LogP contribution in [0.1, 0.15) is 16.8 Å². The SMILES string of the molecule is COc1ccccc1C(=O)N1CCCN(c2ccccc2)CC1. The molecule has 0 bridgehead atoms. The van der Waals surface area contributed by atoms with E-state index in [9.17, 15) is 4.79 Å². The summed E-state index contributed by atoms with van der Waals surface area (Å²) in [6, 6.07) is 17.8. The third-order valence-corrected chi connectivity index (χ3v) is 4.24. The first-order valence-electron chi connectivity index (χ1n) is 8.02. The Morgan fingerprint density at radius 2 is 1.65 bits per heavy atom. The Morgan fingerprint density at radius 3 is 2.43 bits per heavy atom. The van der Waals surface area contributed by atoms with Crippen LogP contribution in [0.4, 0.5) is 5.69 Å². The van der Waals surface area contributed by atoms with Crippen LogP contribution in [0.5, 0.6) is 5.75 Å². The molecule has 0 aromatic heterocycles. The summed E-state index contributed by atoms with van der Waals surface area (Å²) in [5.74, 6) is 0.694. The van der Waals surface area contributed by atoms with Gasteiger partial charge in [-0.1, -0.05) is 30.3 Å². The van der Waals surface area contributed by atoms with Gasteiger partial charge < -0.3 is 14.5 Å². The Hall–Kier alpha value is -2.49. The van der Waals surface area contributed by atoms with Gasteiger partial charge in [0.15, 0.2) is 0 Å². The predicted molar refractivity (Wildman–Crippen MR) is 92.2 cm³/mol. The highest BCUT2D eigenvalue weighted by Gasteiger charge is 2.22. The van der Waals surface area contributed by atoms with Crippen LogP contribution in [0.2, 0.25) is 0 Å². The molecular formula is C19H22N2O2. The van der Waals surface area contributed by atoms with Crippen molar-refractivity contribution < 1.29 is 9.53 Å². The van der Waals surface area contributed by atoms with Crippen molar-refractivity contribution in [2.24, 2.45) is 0 Å². The first-order chi connectivity index (χ1) is 11.3. The van der Waals surface area contributed by atoms with Gasteiger partial charge in [-0.05, 0) is 30.7 Å². The summed E-state index contributed by atoms with van der Waals surface area (Å²) in [7, 11) is 1.60. The molecule has 4 heteroatoms. The van der Waals surface area contributed by atoms with Gasteiger partial charge in [0.05, 0.1) is 12.7 Å². The van der Waals surface area contributed by atoms with Crippen molar-refractivity contribution in [3.8, 4) is 5.75 Å². The van der Waals surface area contributed by atoms with Crippen molar-refractivity contribution in [2.75, 3.05) is 38.2 Å². The van der Waals surface area contributed by atoms with Gasteiger partial charge in [-0.15, -0.1) is 0 Å². The zero-order chi connectivity index (χ0) is 16.1. The fraction of sp³-hybridized carbons (Fsp3) is 0.316. The zero-order valence-electron chi connectivity index (χ0n) is 13.4. The molecule has 120 valence electrons. The normalized spacial score (nSPS) is 15.2. The minimum Gasteiger partial charge on any atom is -0.496 e. The second kappa shape index (κ2) is 7.18. The molecule has 0 unspecified atom stereocenters. The summed E-state index contributed by atoms with van der Waals surface area (Å²) in [5.41, 5.74) is 1.86. The Morgan fingerprint density at radius 1 is 0.913 bits per heavy atom. The Bertz CT molecular complexity index is 657. The van der Waals surface area contributed by atoms with Crippen LogP contribution in [0.15, 0.2) is 54.6 Å². The van der Waals surface area contributed by atoms with Gasteiger partial charge in [0.2, 0.25) is 0 Å². The molecule has 1 amide bonds. The molecule has 2 aromatic rings. The number of anilines is 1. The van der Waals surface area contributed by atoms with Gasteiger partial charge in [0.25, 0.3) is 5.91 Å². The number of benzene rings is 2. The van der Waals surface area contributed by atoms with Gasteiger partial charge in [-0.25, -0.2) is 0 Å². The predicted octanol–water partition coefficient (Wildman–Crippen LogP) is 3.05. The van der Waals surface area contributed by atoms with E-state index in [1.807, 2.05) is 35.2 Å². The smallest absolute Gasteiger partial charge is 0.257 e. The number of hydrogen-bond donors (Lipinski definition) is 0. The molecule has 0 spiro atoms. The number of amides is 1. The molecule has 4 nitrogen and oxygen atoms in total. The number of carbonyl (C=O) groups excluding carboxylic acids is 1. The van der Waals surface area contributed by atoms with E-state index in [4.69, 9.17) is 4.74 Å². The van der Waals surface area contributed by atoms with Gasteiger partial charge in [-0.2, -0.15) is 0 Å². The molecule has 0 saturated carbocycles. The molecule has 1 saturated heterocycles. The van der Waals surface area contributed by atoms with E-state index >= 15 is 0 Å². The van der Waals surface area contributed by atoms with Crippen molar-refractivity contribution in [1.29, 1.82) is 0 Å². The minimum atomic E-state index is 0.0531. The van der Waals surface area contributed by atoms with Crippen molar-refractivity contribution in [1.82, 2.24) is 4.90 Å². The van der Waals surface area contributed by atoms with Crippen molar-refractivity contribution in [3.63, 3.8) is 0 Å². The minimum absolute atomic E-state index is 0.0531. The fourth-order valence-corrected chi connectivity index (χ4v) is 3.01. The molecule has 1 aliphatic rings. The topological polar surface area (TPSA) is 32.8 Å². The number of hydrogen-bond acceptors (Lipinski definition) is 3. The average Bonchev–Trinajstić information content (AvgIpc) is 2.88. The first-order valence-corrected chi connectivity index (χ1v) is 8.02. The molecule has 0 aliphatic carbocycles. The number of para-hydroxylation sites is 2. The summed E-state index contributed by atoms with van der Waals surface area (Å²) >= 11 is 0. The van der Waals surface area contributed by atoms with E-state index in [1.165, 1.54) is 5.69 Å². The van der Waals surface area contributed by atoms with E-state index in [-0.39, 0.29) is 5.91 Å². The molecule has 1 aliphatic heterocycles. The lowest BCUT2D eigenvalue weighted by atomic mass is 10.1. The highest BCUT2D eigenvalue weighted by Crippen LogP contribution is 2.21. The monoisotopic (exact) mass is 310 g/mol. The van der Waals surface area contributed by atoms with Crippen LogP contribution in [0.3, 0.4) is 0 Å². The number of ether oxygens (including phenoxy) is 1. The van der Waals surface area contributed by atoms with E-state index < -0.39 is 0 Å². The van der Waals surface area contributed by atoms with Gasteiger partial charge >= 0.3 is 0 Å². The number of carbonyl (C=O) groups is 1. The first kappa shape index (κ1) is 15.4. The van der Waals surface area contributed by atoms with E-state index in [0.717, 1.165) is 32.6 Å². The molecule has 1 fully saturated rings. The van der Waals surface area contributed by atoms with E-state index in [2.05, 4.69) is 29.2 Å². The maximum atomic E-state index is 12.8. The molecule has 2 aromatic carbocycles. The second-order valence-corrected chi connectivity index (χ2v) is 5.67. The third-order valence-electron chi connectivity index (χ3n) is 4.24. The lowest BCUT2D eigenvalue weighted by Gasteiger charge is -2.24.